The predicted octanol–water partition coefficient (Wildman–Crippen LogP) is 2.05. The molecule has 0 saturated carbocycles. The van der Waals surface area contributed by atoms with Crippen LogP contribution in [-0.4, -0.2) is 31.1 Å². The Bertz CT molecular complexity index is 221. The van der Waals surface area contributed by atoms with Crippen LogP contribution in [0.3, 0.4) is 0 Å². The Kier molecular flexibility index (Phi) is 5.92. The molecule has 0 saturated heterocycles. The first-order valence-electron chi connectivity index (χ1n) is 5.30. The van der Waals surface area contributed by atoms with Gasteiger partial charge >= 0.3 is 5.97 Å². The zero-order chi connectivity index (χ0) is 12.8. The van der Waals surface area contributed by atoms with E-state index in [1.807, 2.05) is 20.8 Å². The number of hydrogen-bond donors (Lipinski definition) is 0. The van der Waals surface area contributed by atoms with E-state index in [0.29, 0.717) is 6.61 Å². The second kappa shape index (κ2) is 6.18. The Morgan fingerprint density at radius 3 is 2.06 bits per heavy atom. The fourth-order valence-electron chi connectivity index (χ4n) is 0.823. The van der Waals surface area contributed by atoms with Crippen LogP contribution in [0.2, 0.25) is 0 Å². The van der Waals surface area contributed by atoms with Crippen molar-refractivity contribution in [3.63, 3.8) is 0 Å². The zero-order valence-corrected chi connectivity index (χ0v) is 11.0. The first kappa shape index (κ1) is 15.3. The molecule has 5 heteroatoms. The fraction of sp³-hybridized carbons (Fsp3) is 0.909. The van der Waals surface area contributed by atoms with E-state index in [1.54, 1.807) is 13.8 Å². The topological polar surface area (TPSA) is 54.0 Å². The van der Waals surface area contributed by atoms with E-state index < -0.39 is 11.4 Å². The van der Waals surface area contributed by atoms with Crippen molar-refractivity contribution in [1.29, 1.82) is 0 Å². The molecule has 0 radical (unpaired) electrons. The van der Waals surface area contributed by atoms with E-state index in [-0.39, 0.29) is 12.4 Å². The smallest absolute Gasteiger partial charge is 0.311 e. The Hall–Kier alpha value is -0.650. The predicted molar refractivity (Wildman–Crippen MR) is 58.6 cm³/mol. The van der Waals surface area contributed by atoms with E-state index in [4.69, 9.17) is 19.2 Å². The Labute approximate surface area is 96.9 Å². The number of carbonyl (C=O) groups excluding carboxylic acids is 1. The molecule has 0 aromatic rings. The van der Waals surface area contributed by atoms with Gasteiger partial charge in [-0.2, -0.15) is 0 Å². The summed E-state index contributed by atoms with van der Waals surface area (Å²) in [7, 11) is 1.45. The van der Waals surface area contributed by atoms with E-state index in [9.17, 15) is 4.79 Å². The molecule has 5 nitrogen and oxygen atoms in total. The minimum Gasteiger partial charge on any atom is -0.466 e. The number of esters is 1. The first-order chi connectivity index (χ1) is 7.22. The molecule has 0 spiro atoms. The molecule has 0 heterocycles. The maximum absolute atomic E-state index is 11.3. The van der Waals surface area contributed by atoms with Crippen LogP contribution in [0.15, 0.2) is 0 Å². The van der Waals surface area contributed by atoms with Crippen molar-refractivity contribution in [2.24, 2.45) is 0 Å². The van der Waals surface area contributed by atoms with Crippen LogP contribution < -0.4 is 0 Å². The van der Waals surface area contributed by atoms with Gasteiger partial charge in [-0.05, 0) is 34.6 Å². The lowest BCUT2D eigenvalue weighted by Gasteiger charge is -2.29. The van der Waals surface area contributed by atoms with Gasteiger partial charge in [0, 0.05) is 7.11 Å². The quantitative estimate of drug-likeness (QED) is 0.305. The van der Waals surface area contributed by atoms with E-state index in [0.717, 1.165) is 0 Å². The van der Waals surface area contributed by atoms with Crippen LogP contribution in [0, 0.1) is 0 Å². The number of rotatable bonds is 6. The van der Waals surface area contributed by atoms with Crippen LogP contribution in [0.4, 0.5) is 0 Å². The van der Waals surface area contributed by atoms with Crippen molar-refractivity contribution >= 4 is 5.97 Å². The largest absolute Gasteiger partial charge is 0.466 e. The highest BCUT2D eigenvalue weighted by Gasteiger charge is 2.32. The van der Waals surface area contributed by atoms with Crippen molar-refractivity contribution in [1.82, 2.24) is 0 Å². The molecular weight excluding hydrogens is 212 g/mol. The summed E-state index contributed by atoms with van der Waals surface area (Å²) in [5, 5.41) is 0. The standard InChI is InChI=1S/C11H22O5/c1-7-14-9(12)8-11(5,13-6)16-15-10(2,3)4/h7-8H2,1-6H3. The van der Waals surface area contributed by atoms with Gasteiger partial charge in [-0.3, -0.25) is 4.79 Å². The molecular formula is C11H22O5. The third kappa shape index (κ3) is 6.76. The zero-order valence-electron chi connectivity index (χ0n) is 11.0. The lowest BCUT2D eigenvalue weighted by atomic mass is 10.2. The van der Waals surface area contributed by atoms with Gasteiger partial charge in [0.25, 0.3) is 0 Å². The molecule has 0 amide bonds. The van der Waals surface area contributed by atoms with Gasteiger partial charge in [0.15, 0.2) is 0 Å². The summed E-state index contributed by atoms with van der Waals surface area (Å²) >= 11 is 0. The summed E-state index contributed by atoms with van der Waals surface area (Å²) in [6.45, 7) is 9.22. The van der Waals surface area contributed by atoms with Crippen LogP contribution in [0.1, 0.15) is 41.0 Å². The first-order valence-corrected chi connectivity index (χ1v) is 5.30. The summed E-state index contributed by atoms with van der Waals surface area (Å²) in [5.74, 6) is -1.51. The summed E-state index contributed by atoms with van der Waals surface area (Å²) in [6.07, 6.45) is -0.0204. The van der Waals surface area contributed by atoms with Crippen LogP contribution >= 0.6 is 0 Å². The van der Waals surface area contributed by atoms with Crippen molar-refractivity contribution in [2.45, 2.75) is 52.4 Å². The molecule has 16 heavy (non-hydrogen) atoms. The highest BCUT2D eigenvalue weighted by Crippen LogP contribution is 2.21. The molecule has 1 unspecified atom stereocenters. The highest BCUT2D eigenvalue weighted by molar-refractivity contribution is 5.70. The summed E-state index contributed by atoms with van der Waals surface area (Å²) in [6, 6.07) is 0. The van der Waals surface area contributed by atoms with E-state index in [1.165, 1.54) is 7.11 Å². The Morgan fingerprint density at radius 2 is 1.69 bits per heavy atom. The maximum Gasteiger partial charge on any atom is 0.311 e. The highest BCUT2D eigenvalue weighted by atomic mass is 17.2. The summed E-state index contributed by atoms with van der Waals surface area (Å²) in [4.78, 5) is 21.6. The minimum atomic E-state index is -1.13. The van der Waals surface area contributed by atoms with Gasteiger partial charge in [-0.15, -0.1) is 0 Å². The van der Waals surface area contributed by atoms with Crippen LogP contribution in [0.25, 0.3) is 0 Å². The van der Waals surface area contributed by atoms with Gasteiger partial charge < -0.3 is 9.47 Å². The normalized spacial score (nSPS) is 15.6. The van der Waals surface area contributed by atoms with Crippen molar-refractivity contribution in [2.75, 3.05) is 13.7 Å². The Morgan fingerprint density at radius 1 is 1.12 bits per heavy atom. The molecule has 0 aliphatic heterocycles. The molecule has 96 valence electrons. The van der Waals surface area contributed by atoms with Crippen molar-refractivity contribution < 1.29 is 24.0 Å². The number of ether oxygens (including phenoxy) is 2. The van der Waals surface area contributed by atoms with Gasteiger partial charge in [-0.25, -0.2) is 9.78 Å². The molecule has 1 atom stereocenters. The third-order valence-corrected chi connectivity index (χ3v) is 1.67. The molecule has 0 bridgehead atoms. The fourth-order valence-corrected chi connectivity index (χ4v) is 0.823. The maximum atomic E-state index is 11.3. The average molecular weight is 234 g/mol. The molecule has 0 aliphatic carbocycles. The van der Waals surface area contributed by atoms with Crippen molar-refractivity contribution in [3.8, 4) is 0 Å². The number of carbonyl (C=O) groups is 1. The SMILES string of the molecule is CCOC(=O)CC(C)(OC)OOC(C)(C)C. The monoisotopic (exact) mass is 234 g/mol. The lowest BCUT2D eigenvalue weighted by Crippen LogP contribution is -2.37. The summed E-state index contributed by atoms with van der Waals surface area (Å²) in [5.41, 5.74) is -0.464. The van der Waals surface area contributed by atoms with Gasteiger partial charge in [0.2, 0.25) is 5.79 Å². The second-order valence-electron chi connectivity index (χ2n) is 4.60. The van der Waals surface area contributed by atoms with E-state index in [2.05, 4.69) is 0 Å². The van der Waals surface area contributed by atoms with E-state index >= 15 is 0 Å². The molecule has 0 aliphatic rings. The Balaban J connectivity index is 4.25. The number of methoxy groups -OCH3 is 1. The molecule has 0 N–H and O–H groups in total. The third-order valence-electron chi connectivity index (χ3n) is 1.67. The number of hydrogen-bond acceptors (Lipinski definition) is 5. The van der Waals surface area contributed by atoms with Gasteiger partial charge in [0.1, 0.15) is 6.42 Å². The van der Waals surface area contributed by atoms with Gasteiger partial charge in [0.05, 0.1) is 12.2 Å². The lowest BCUT2D eigenvalue weighted by molar-refractivity contribution is -0.450. The average Bonchev–Trinajstić information content (AvgIpc) is 2.14. The second-order valence-corrected chi connectivity index (χ2v) is 4.60. The molecule has 0 fully saturated rings. The van der Waals surface area contributed by atoms with Crippen molar-refractivity contribution in [3.05, 3.63) is 0 Å². The summed E-state index contributed by atoms with van der Waals surface area (Å²) < 4.78 is 9.92. The van der Waals surface area contributed by atoms with Gasteiger partial charge in [-0.1, -0.05) is 0 Å². The van der Waals surface area contributed by atoms with Crippen LogP contribution in [-0.2, 0) is 24.0 Å². The molecule has 0 aromatic heterocycles. The molecule has 0 aromatic carbocycles. The minimum absolute atomic E-state index is 0.0204. The van der Waals surface area contributed by atoms with Crippen LogP contribution in [0.5, 0.6) is 0 Å². The molecule has 0 rings (SSSR count).